The highest BCUT2D eigenvalue weighted by molar-refractivity contribution is 5.95. The lowest BCUT2D eigenvalue weighted by Gasteiger charge is -2.28. The second kappa shape index (κ2) is 19.3. The smallest absolute Gasteiger partial charge is 0.328 e. The number of amides is 4. The molecule has 0 heterocycles. The molecule has 0 unspecified atom stereocenters. The van der Waals surface area contributed by atoms with E-state index in [2.05, 4.69) is 21.3 Å². The molecule has 0 rings (SSSR count). The van der Waals surface area contributed by atoms with Gasteiger partial charge in [0.15, 0.2) is 6.04 Å². The van der Waals surface area contributed by atoms with E-state index in [0.29, 0.717) is 19.4 Å². The van der Waals surface area contributed by atoms with Crippen LogP contribution in [0.15, 0.2) is 0 Å². The Hall–Kier alpha value is -3.83. The van der Waals surface area contributed by atoms with Gasteiger partial charge in [-0.15, -0.1) is 0 Å². The molecule has 0 radical (unpaired) electrons. The second-order valence-electron chi connectivity index (χ2n) is 10.2. The van der Waals surface area contributed by atoms with Crippen molar-refractivity contribution < 1.29 is 54.0 Å². The number of carboxylic acids is 3. The molecule has 0 spiro atoms. The number of carbonyl (C=O) groups is 7. The Morgan fingerprint density at radius 2 is 1.12 bits per heavy atom. The lowest BCUT2D eigenvalue weighted by atomic mass is 10.0. The highest BCUT2D eigenvalue weighted by Gasteiger charge is 2.34. The number of hydrogen-bond donors (Lipinski definition) is 10. The van der Waals surface area contributed by atoms with Crippen LogP contribution < -0.4 is 32.7 Å². The molecule has 0 aliphatic carbocycles. The highest BCUT2D eigenvalue weighted by atomic mass is 16.4. The first kappa shape index (κ1) is 38.2. The zero-order chi connectivity index (χ0) is 32.6. The van der Waals surface area contributed by atoms with Crippen LogP contribution in [0, 0.1) is 5.92 Å². The number of carboxylic acid groups (broad SMARTS) is 3. The zero-order valence-electron chi connectivity index (χ0n) is 24.0. The minimum atomic E-state index is -1.67. The molecule has 0 aliphatic rings. The average Bonchev–Trinajstić information content (AvgIpc) is 2.89. The van der Waals surface area contributed by atoms with Gasteiger partial charge in [0.1, 0.15) is 18.1 Å². The van der Waals surface area contributed by atoms with Crippen LogP contribution in [-0.4, -0.2) is 105 Å². The van der Waals surface area contributed by atoms with E-state index < -0.39 is 96.6 Å². The Morgan fingerprint density at radius 1 is 0.643 bits per heavy atom. The summed E-state index contributed by atoms with van der Waals surface area (Å²) in [6.45, 7) is 4.54. The van der Waals surface area contributed by atoms with Gasteiger partial charge in [-0.05, 0) is 51.5 Å². The minimum absolute atomic E-state index is 0.0701. The maximum Gasteiger partial charge on any atom is 0.328 e. The summed E-state index contributed by atoms with van der Waals surface area (Å²) in [5, 5.41) is 46.2. The normalized spacial score (nSPS) is 15.3. The van der Waals surface area contributed by atoms with Gasteiger partial charge >= 0.3 is 17.9 Å². The van der Waals surface area contributed by atoms with Gasteiger partial charge in [0.25, 0.3) is 0 Å². The van der Waals surface area contributed by atoms with Crippen LogP contribution in [0.2, 0.25) is 0 Å². The molecular formula is C25H44N6O11. The standard InChI is InChI=1S/C25H44N6O11/c1-12(2)19(24(40)31-20(13(3)32)25(41)42)30-23(39)16(8-10-18(35)36)29-22(38)15(6-4-5-11-26)28-21(37)14(27)7-9-17(33)34/h12-16,19-20,32H,4-11,26-27H2,1-3H3,(H,28,37)(H,29,38)(H,30,39)(H,31,40)(H,33,34)(H,35,36)(H,41,42)/t13-,14+,15+,16+,19+,20+/m1/s1. The van der Waals surface area contributed by atoms with E-state index in [1.165, 1.54) is 0 Å². The maximum atomic E-state index is 13.2. The molecule has 42 heavy (non-hydrogen) atoms. The molecule has 0 saturated carbocycles. The van der Waals surface area contributed by atoms with E-state index in [1.807, 2.05) is 0 Å². The van der Waals surface area contributed by atoms with Gasteiger partial charge < -0.3 is 53.2 Å². The summed E-state index contributed by atoms with van der Waals surface area (Å²) in [5.74, 6) is -8.10. The fraction of sp³-hybridized carbons (Fsp3) is 0.720. The summed E-state index contributed by atoms with van der Waals surface area (Å²) in [6.07, 6.45) is -2.04. The van der Waals surface area contributed by atoms with E-state index in [9.17, 15) is 43.8 Å². The van der Waals surface area contributed by atoms with Crippen LogP contribution in [0.5, 0.6) is 0 Å². The number of nitrogens with two attached hydrogens (primary N) is 2. The summed E-state index contributed by atoms with van der Waals surface area (Å²) in [5.41, 5.74) is 11.2. The molecule has 0 fully saturated rings. The van der Waals surface area contributed by atoms with Crippen molar-refractivity contribution in [2.45, 2.75) is 102 Å². The zero-order valence-corrected chi connectivity index (χ0v) is 24.0. The summed E-state index contributed by atoms with van der Waals surface area (Å²) >= 11 is 0. The molecular weight excluding hydrogens is 560 g/mol. The number of rotatable bonds is 21. The van der Waals surface area contributed by atoms with Crippen LogP contribution in [0.4, 0.5) is 0 Å². The third-order valence-electron chi connectivity index (χ3n) is 6.16. The molecule has 0 aromatic rings. The molecule has 0 aliphatic heterocycles. The summed E-state index contributed by atoms with van der Waals surface area (Å²) in [4.78, 5) is 85.1. The Kier molecular flexibility index (Phi) is 17.6. The number of carbonyl (C=O) groups excluding carboxylic acids is 4. The molecule has 240 valence electrons. The lowest BCUT2D eigenvalue weighted by molar-refractivity contribution is -0.145. The quantitative estimate of drug-likeness (QED) is 0.0594. The first-order valence-electron chi connectivity index (χ1n) is 13.5. The fourth-order valence-corrected chi connectivity index (χ4v) is 3.68. The number of aliphatic hydroxyl groups excluding tert-OH is 1. The Bertz CT molecular complexity index is 959. The van der Waals surface area contributed by atoms with Crippen LogP contribution in [0.1, 0.15) is 65.7 Å². The number of aliphatic hydroxyl groups is 1. The first-order valence-corrected chi connectivity index (χ1v) is 13.5. The van der Waals surface area contributed by atoms with Gasteiger partial charge in [-0.2, -0.15) is 0 Å². The third-order valence-corrected chi connectivity index (χ3v) is 6.16. The Labute approximate surface area is 243 Å². The van der Waals surface area contributed by atoms with Gasteiger partial charge in [-0.3, -0.25) is 28.8 Å². The largest absolute Gasteiger partial charge is 0.481 e. The molecule has 17 nitrogen and oxygen atoms in total. The van der Waals surface area contributed by atoms with E-state index in [1.54, 1.807) is 13.8 Å². The van der Waals surface area contributed by atoms with E-state index in [-0.39, 0.29) is 19.3 Å². The molecule has 0 aromatic heterocycles. The van der Waals surface area contributed by atoms with Gasteiger partial charge in [-0.1, -0.05) is 13.8 Å². The molecule has 4 amide bonds. The Balaban J connectivity index is 5.87. The topological polar surface area (TPSA) is 301 Å². The predicted molar refractivity (Wildman–Crippen MR) is 146 cm³/mol. The maximum absolute atomic E-state index is 13.2. The lowest BCUT2D eigenvalue weighted by Crippen LogP contribution is -2.60. The monoisotopic (exact) mass is 604 g/mol. The highest BCUT2D eigenvalue weighted by Crippen LogP contribution is 2.09. The number of hydrogen-bond acceptors (Lipinski definition) is 10. The minimum Gasteiger partial charge on any atom is -0.481 e. The number of aliphatic carboxylic acids is 3. The Morgan fingerprint density at radius 3 is 1.60 bits per heavy atom. The number of unbranched alkanes of at least 4 members (excludes halogenated alkanes) is 1. The van der Waals surface area contributed by atoms with Crippen molar-refractivity contribution in [3.63, 3.8) is 0 Å². The van der Waals surface area contributed by atoms with E-state index in [0.717, 1.165) is 6.92 Å². The molecule has 0 saturated heterocycles. The van der Waals surface area contributed by atoms with Crippen molar-refractivity contribution in [1.29, 1.82) is 0 Å². The van der Waals surface area contributed by atoms with Crippen molar-refractivity contribution in [1.82, 2.24) is 21.3 Å². The first-order chi connectivity index (χ1) is 19.5. The van der Waals surface area contributed by atoms with Crippen LogP contribution in [0.3, 0.4) is 0 Å². The van der Waals surface area contributed by atoms with E-state index >= 15 is 0 Å². The third kappa shape index (κ3) is 14.7. The molecule has 17 heteroatoms. The summed E-state index contributed by atoms with van der Waals surface area (Å²) < 4.78 is 0. The van der Waals surface area contributed by atoms with Crippen molar-refractivity contribution in [2.24, 2.45) is 17.4 Å². The average molecular weight is 605 g/mol. The molecule has 0 aromatic carbocycles. The summed E-state index contributed by atoms with van der Waals surface area (Å²) in [7, 11) is 0. The van der Waals surface area contributed by atoms with Crippen LogP contribution in [-0.2, 0) is 33.6 Å². The molecule has 12 N–H and O–H groups in total. The number of nitrogens with one attached hydrogen (secondary N) is 4. The van der Waals surface area contributed by atoms with Crippen molar-refractivity contribution >= 4 is 41.5 Å². The van der Waals surface area contributed by atoms with Gasteiger partial charge in [0, 0.05) is 12.8 Å². The predicted octanol–water partition coefficient (Wildman–Crippen LogP) is -2.77. The summed E-state index contributed by atoms with van der Waals surface area (Å²) in [6, 6.07) is -6.94. The van der Waals surface area contributed by atoms with Crippen molar-refractivity contribution in [3.8, 4) is 0 Å². The van der Waals surface area contributed by atoms with Crippen LogP contribution in [0.25, 0.3) is 0 Å². The second-order valence-corrected chi connectivity index (χ2v) is 10.2. The van der Waals surface area contributed by atoms with Crippen molar-refractivity contribution in [2.75, 3.05) is 6.54 Å². The van der Waals surface area contributed by atoms with Gasteiger partial charge in [-0.25, -0.2) is 4.79 Å². The van der Waals surface area contributed by atoms with Gasteiger partial charge in [0.05, 0.1) is 12.1 Å². The van der Waals surface area contributed by atoms with Crippen molar-refractivity contribution in [3.05, 3.63) is 0 Å². The fourth-order valence-electron chi connectivity index (χ4n) is 3.68. The molecule has 6 atom stereocenters. The van der Waals surface area contributed by atoms with E-state index in [4.69, 9.17) is 21.7 Å². The van der Waals surface area contributed by atoms with Crippen LogP contribution >= 0.6 is 0 Å². The van der Waals surface area contributed by atoms with Gasteiger partial charge in [0.2, 0.25) is 23.6 Å². The molecule has 0 bridgehead atoms. The SMILES string of the molecule is CC(C)[C@H](NC(=O)[C@H](CCC(=O)O)NC(=O)[C@H](CCCCN)NC(=O)[C@@H](N)CCC(=O)O)C(=O)N[C@H](C(=O)O)[C@@H](C)O.